The Hall–Kier alpha value is -0.650. The number of nitrogens with one attached hydrogen (secondary N) is 1. The van der Waals surface area contributed by atoms with Crippen molar-refractivity contribution in [3.8, 4) is 0 Å². The molecule has 0 aliphatic rings. The molecule has 1 aromatic heterocycles. The number of carbonyl (C=O) groups excluding carboxylic acids is 1. The summed E-state index contributed by atoms with van der Waals surface area (Å²) >= 11 is 24.3. The van der Waals surface area contributed by atoms with Gasteiger partial charge in [0.1, 0.15) is 0 Å². The summed E-state index contributed by atoms with van der Waals surface area (Å²) in [6.07, 6.45) is 0. The number of benzene rings is 1. The van der Waals surface area contributed by atoms with Gasteiger partial charge in [-0.3, -0.25) is 0 Å². The Bertz CT molecular complexity index is 697. The highest BCUT2D eigenvalue weighted by Gasteiger charge is 2.26. The van der Waals surface area contributed by atoms with Crippen LogP contribution in [0.2, 0.25) is 20.1 Å². The number of nitrogens with two attached hydrogens (primary N) is 1. The first-order valence-corrected chi connectivity index (χ1v) is 7.18. The third-order valence-electron chi connectivity index (χ3n) is 2.78. The zero-order valence-corrected chi connectivity index (χ0v) is 13.3. The van der Waals surface area contributed by atoms with Crippen LogP contribution in [0.25, 0.3) is 10.9 Å². The number of hydrogen-bond acceptors (Lipinski definition) is 3. The van der Waals surface area contributed by atoms with E-state index in [1.807, 2.05) is 0 Å². The number of rotatable bonds is 3. The average molecular weight is 356 g/mol. The van der Waals surface area contributed by atoms with Crippen LogP contribution < -0.4 is 5.73 Å². The number of aromatic amines is 1. The second-order valence-electron chi connectivity index (χ2n) is 3.91. The standard InChI is InChI=1S/C12H10Cl4N2O2/c1-2-20-12(19)5-4(3-17)18-11-6(5)7(13)8(14)9(15)10(11)16/h18H,2-3,17H2,1H3. The van der Waals surface area contributed by atoms with Gasteiger partial charge in [0.15, 0.2) is 0 Å². The van der Waals surface area contributed by atoms with E-state index in [0.29, 0.717) is 16.6 Å². The van der Waals surface area contributed by atoms with Crippen LogP contribution >= 0.6 is 46.4 Å². The largest absolute Gasteiger partial charge is 0.462 e. The minimum Gasteiger partial charge on any atom is -0.462 e. The van der Waals surface area contributed by atoms with Gasteiger partial charge in [0.25, 0.3) is 0 Å². The van der Waals surface area contributed by atoms with E-state index < -0.39 is 5.97 Å². The van der Waals surface area contributed by atoms with Gasteiger partial charge in [0.05, 0.1) is 37.8 Å². The monoisotopic (exact) mass is 354 g/mol. The van der Waals surface area contributed by atoms with Crippen molar-refractivity contribution in [1.29, 1.82) is 0 Å². The molecule has 3 N–H and O–H groups in total. The number of halogens is 4. The first-order chi connectivity index (χ1) is 9.43. The summed E-state index contributed by atoms with van der Waals surface area (Å²) in [5.41, 5.74) is 6.74. The molecule has 1 aromatic carbocycles. The van der Waals surface area contributed by atoms with Crippen LogP contribution in [0.15, 0.2) is 0 Å². The van der Waals surface area contributed by atoms with E-state index in [0.717, 1.165) is 0 Å². The molecule has 0 bridgehead atoms. The second kappa shape index (κ2) is 6.00. The van der Waals surface area contributed by atoms with Gasteiger partial charge < -0.3 is 15.5 Å². The van der Waals surface area contributed by atoms with Crippen molar-refractivity contribution in [2.24, 2.45) is 5.73 Å². The number of esters is 1. The molecule has 1 heterocycles. The van der Waals surface area contributed by atoms with E-state index in [-0.39, 0.29) is 38.8 Å². The van der Waals surface area contributed by atoms with Crippen LogP contribution in [0.1, 0.15) is 23.0 Å². The van der Waals surface area contributed by atoms with Crippen LogP contribution in [0.5, 0.6) is 0 Å². The van der Waals surface area contributed by atoms with Crippen molar-refractivity contribution in [1.82, 2.24) is 4.98 Å². The zero-order chi connectivity index (χ0) is 15.0. The molecule has 0 aliphatic carbocycles. The summed E-state index contributed by atoms with van der Waals surface area (Å²) in [7, 11) is 0. The van der Waals surface area contributed by atoms with Gasteiger partial charge in [-0.05, 0) is 6.92 Å². The maximum absolute atomic E-state index is 12.1. The van der Waals surface area contributed by atoms with Crippen molar-refractivity contribution in [3.05, 3.63) is 31.3 Å². The summed E-state index contributed by atoms with van der Waals surface area (Å²) in [6, 6.07) is 0. The molecule has 0 spiro atoms. The highest BCUT2D eigenvalue weighted by Crippen LogP contribution is 2.44. The number of H-pyrrole nitrogens is 1. The first kappa shape index (κ1) is 15.7. The van der Waals surface area contributed by atoms with Crippen LogP contribution in [-0.4, -0.2) is 17.6 Å². The fourth-order valence-corrected chi connectivity index (χ4v) is 2.92. The van der Waals surface area contributed by atoms with Gasteiger partial charge in [-0.15, -0.1) is 0 Å². The number of fused-ring (bicyclic) bond motifs is 1. The van der Waals surface area contributed by atoms with Gasteiger partial charge in [0.2, 0.25) is 0 Å². The number of hydrogen-bond donors (Lipinski definition) is 2. The lowest BCUT2D eigenvalue weighted by molar-refractivity contribution is 0.0527. The molecule has 0 fully saturated rings. The number of aromatic nitrogens is 1. The molecular formula is C12H10Cl4N2O2. The second-order valence-corrected chi connectivity index (χ2v) is 5.42. The summed E-state index contributed by atoms with van der Waals surface area (Å²) in [5, 5.41) is 0.881. The molecule has 0 unspecified atom stereocenters. The van der Waals surface area contributed by atoms with Gasteiger partial charge in [-0.25, -0.2) is 4.79 Å². The van der Waals surface area contributed by atoms with Crippen LogP contribution in [0.3, 0.4) is 0 Å². The van der Waals surface area contributed by atoms with Crippen molar-refractivity contribution in [3.63, 3.8) is 0 Å². The van der Waals surface area contributed by atoms with E-state index in [2.05, 4.69) is 4.98 Å². The molecule has 4 nitrogen and oxygen atoms in total. The quantitative estimate of drug-likeness (QED) is 0.486. The lowest BCUT2D eigenvalue weighted by Crippen LogP contribution is -2.09. The fraction of sp³-hybridized carbons (Fsp3) is 0.250. The van der Waals surface area contributed by atoms with E-state index in [4.69, 9.17) is 56.9 Å². The number of carbonyl (C=O) groups is 1. The van der Waals surface area contributed by atoms with Crippen molar-refractivity contribution < 1.29 is 9.53 Å². The predicted molar refractivity (Wildman–Crippen MR) is 82.2 cm³/mol. The molecule has 2 aromatic rings. The Balaban J connectivity index is 2.89. The lowest BCUT2D eigenvalue weighted by Gasteiger charge is -2.07. The molecule has 0 atom stereocenters. The Kier molecular flexibility index (Phi) is 4.72. The van der Waals surface area contributed by atoms with E-state index >= 15 is 0 Å². The molecule has 108 valence electrons. The molecular weight excluding hydrogens is 346 g/mol. The SMILES string of the molecule is CCOC(=O)c1c(CN)[nH]c2c(Cl)c(Cl)c(Cl)c(Cl)c12. The maximum Gasteiger partial charge on any atom is 0.340 e. The first-order valence-electron chi connectivity index (χ1n) is 5.67. The normalized spacial score (nSPS) is 11.1. The Labute approximate surface area is 135 Å². The Morgan fingerprint density at radius 2 is 1.75 bits per heavy atom. The minimum absolute atomic E-state index is 0.0824. The average Bonchev–Trinajstić information content (AvgIpc) is 2.82. The molecule has 0 radical (unpaired) electrons. The Morgan fingerprint density at radius 3 is 2.30 bits per heavy atom. The third kappa shape index (κ3) is 2.36. The van der Waals surface area contributed by atoms with E-state index in [1.54, 1.807) is 6.92 Å². The maximum atomic E-state index is 12.1. The summed E-state index contributed by atoms with van der Waals surface area (Å²) in [5.74, 6) is -0.546. The summed E-state index contributed by atoms with van der Waals surface area (Å²) in [6.45, 7) is 2.01. The molecule has 2 rings (SSSR count). The highest BCUT2D eigenvalue weighted by molar-refractivity contribution is 6.55. The van der Waals surface area contributed by atoms with Gasteiger partial charge in [0, 0.05) is 17.6 Å². The third-order valence-corrected chi connectivity index (χ3v) is 4.58. The molecule has 0 saturated carbocycles. The minimum atomic E-state index is -0.546. The topological polar surface area (TPSA) is 68.1 Å². The summed E-state index contributed by atoms with van der Waals surface area (Å²) < 4.78 is 5.01. The molecule has 0 aliphatic heterocycles. The van der Waals surface area contributed by atoms with Gasteiger partial charge >= 0.3 is 5.97 Å². The van der Waals surface area contributed by atoms with E-state index in [1.165, 1.54) is 0 Å². The Morgan fingerprint density at radius 1 is 1.15 bits per heavy atom. The zero-order valence-electron chi connectivity index (χ0n) is 10.3. The van der Waals surface area contributed by atoms with Gasteiger partial charge in [-0.2, -0.15) is 0 Å². The highest BCUT2D eigenvalue weighted by atomic mass is 35.5. The molecule has 20 heavy (non-hydrogen) atoms. The lowest BCUT2D eigenvalue weighted by atomic mass is 10.1. The van der Waals surface area contributed by atoms with Crippen LogP contribution in [0, 0.1) is 0 Å². The van der Waals surface area contributed by atoms with E-state index in [9.17, 15) is 4.79 Å². The van der Waals surface area contributed by atoms with Crippen LogP contribution in [-0.2, 0) is 11.3 Å². The molecule has 0 amide bonds. The molecule has 8 heteroatoms. The van der Waals surface area contributed by atoms with Gasteiger partial charge in [-0.1, -0.05) is 46.4 Å². The van der Waals surface area contributed by atoms with Crippen molar-refractivity contribution in [2.75, 3.05) is 6.61 Å². The van der Waals surface area contributed by atoms with Crippen molar-refractivity contribution in [2.45, 2.75) is 13.5 Å². The predicted octanol–water partition coefficient (Wildman–Crippen LogP) is 4.42. The van der Waals surface area contributed by atoms with Crippen LogP contribution in [0.4, 0.5) is 0 Å². The smallest absolute Gasteiger partial charge is 0.340 e. The summed E-state index contributed by atoms with van der Waals surface area (Å²) in [4.78, 5) is 15.0. The fourth-order valence-electron chi connectivity index (χ4n) is 1.93. The number of ether oxygens (including phenoxy) is 1. The molecule has 0 saturated heterocycles. The van der Waals surface area contributed by atoms with Crippen molar-refractivity contribution >= 4 is 63.3 Å².